The molecule has 1 unspecified atom stereocenters. The Morgan fingerprint density at radius 1 is 1.16 bits per heavy atom. The first-order valence-electron chi connectivity index (χ1n) is 4.80. The van der Waals surface area contributed by atoms with E-state index in [-0.39, 0.29) is 5.56 Å². The van der Waals surface area contributed by atoms with E-state index in [0.29, 0.717) is 12.1 Å². The van der Waals surface area contributed by atoms with Gasteiger partial charge in [-0.25, -0.2) is 0 Å². The zero-order chi connectivity index (χ0) is 14.6. The third kappa shape index (κ3) is 4.41. The highest BCUT2D eigenvalue weighted by Crippen LogP contribution is 2.30. The van der Waals surface area contributed by atoms with Crippen molar-refractivity contribution < 1.29 is 28.0 Å². The number of benzene rings is 1. The molecule has 10 heteroatoms. The summed E-state index contributed by atoms with van der Waals surface area (Å²) in [5.41, 5.74) is -1.04. The van der Waals surface area contributed by atoms with Crippen LogP contribution in [0.25, 0.3) is 0 Å². The molecule has 7 nitrogen and oxygen atoms in total. The monoisotopic (exact) mass is 280 g/mol. The van der Waals surface area contributed by atoms with E-state index in [1.165, 1.54) is 0 Å². The summed E-state index contributed by atoms with van der Waals surface area (Å²) >= 11 is 0. The Labute approximate surface area is 103 Å². The SMILES string of the molecule is O=[N+]([O-])CC(O[N+](=O)[O-])c1ccc(C(F)(F)F)cc1. The van der Waals surface area contributed by atoms with Gasteiger partial charge in [0.1, 0.15) is 0 Å². The van der Waals surface area contributed by atoms with Gasteiger partial charge in [0.15, 0.2) is 6.10 Å². The topological polar surface area (TPSA) is 95.5 Å². The highest BCUT2D eigenvalue weighted by molar-refractivity contribution is 5.26. The van der Waals surface area contributed by atoms with E-state index in [1.54, 1.807) is 0 Å². The molecule has 1 rings (SSSR count). The van der Waals surface area contributed by atoms with Gasteiger partial charge >= 0.3 is 6.18 Å². The first-order chi connectivity index (χ1) is 8.70. The minimum atomic E-state index is -4.55. The lowest BCUT2D eigenvalue weighted by Crippen LogP contribution is -2.18. The van der Waals surface area contributed by atoms with Crippen LogP contribution in [-0.4, -0.2) is 16.6 Å². The van der Waals surface area contributed by atoms with Crippen molar-refractivity contribution in [2.45, 2.75) is 12.3 Å². The summed E-state index contributed by atoms with van der Waals surface area (Å²) < 4.78 is 36.9. The maximum atomic E-state index is 12.3. The van der Waals surface area contributed by atoms with Crippen LogP contribution < -0.4 is 0 Å². The average molecular weight is 280 g/mol. The van der Waals surface area contributed by atoms with Crippen molar-refractivity contribution >= 4 is 0 Å². The Morgan fingerprint density at radius 3 is 2.05 bits per heavy atom. The van der Waals surface area contributed by atoms with Crippen molar-refractivity contribution in [3.63, 3.8) is 0 Å². The molecular weight excluding hydrogens is 273 g/mol. The van der Waals surface area contributed by atoms with Crippen molar-refractivity contribution in [3.8, 4) is 0 Å². The molecule has 0 amide bonds. The zero-order valence-electron chi connectivity index (χ0n) is 9.16. The van der Waals surface area contributed by atoms with E-state index in [9.17, 15) is 33.4 Å². The van der Waals surface area contributed by atoms with E-state index in [4.69, 9.17) is 0 Å². The minimum Gasteiger partial charge on any atom is -0.299 e. The van der Waals surface area contributed by atoms with Crippen LogP contribution in [0, 0.1) is 20.2 Å². The second-order valence-corrected chi connectivity index (χ2v) is 3.45. The molecule has 0 radical (unpaired) electrons. The van der Waals surface area contributed by atoms with Gasteiger partial charge in [-0.1, -0.05) is 12.1 Å². The summed E-state index contributed by atoms with van der Waals surface area (Å²) in [6, 6.07) is 3.15. The van der Waals surface area contributed by atoms with Crippen LogP contribution in [-0.2, 0) is 11.0 Å². The fourth-order valence-electron chi connectivity index (χ4n) is 1.33. The highest BCUT2D eigenvalue weighted by atomic mass is 19.4. The number of nitro groups is 1. The van der Waals surface area contributed by atoms with Crippen LogP contribution in [0.1, 0.15) is 17.2 Å². The molecule has 0 aromatic heterocycles. The van der Waals surface area contributed by atoms with Crippen molar-refractivity contribution in [2.75, 3.05) is 6.54 Å². The Bertz CT molecular complexity index is 458. The van der Waals surface area contributed by atoms with Crippen molar-refractivity contribution in [2.24, 2.45) is 0 Å². The first kappa shape index (κ1) is 14.7. The summed E-state index contributed by atoms with van der Waals surface area (Å²) in [6.07, 6.45) is -6.10. The summed E-state index contributed by atoms with van der Waals surface area (Å²) in [5.74, 6) is 0. The highest BCUT2D eigenvalue weighted by Gasteiger charge is 2.31. The van der Waals surface area contributed by atoms with E-state index in [1.807, 2.05) is 0 Å². The Morgan fingerprint density at radius 2 is 1.68 bits per heavy atom. The molecule has 1 aromatic rings. The standard InChI is InChI=1S/C9H7F3N2O5/c10-9(11,12)7-3-1-6(2-4-7)8(5-13(15)16)19-14(17)18/h1-4,8H,5H2. The van der Waals surface area contributed by atoms with Gasteiger partial charge in [-0.2, -0.15) is 13.2 Å². The molecule has 0 saturated heterocycles. The lowest BCUT2D eigenvalue weighted by molar-refractivity contribution is -0.777. The molecule has 0 aliphatic rings. The van der Waals surface area contributed by atoms with Crippen LogP contribution in [0.3, 0.4) is 0 Å². The molecule has 0 saturated carbocycles. The molecule has 1 atom stereocenters. The molecule has 0 N–H and O–H groups in total. The quantitative estimate of drug-likeness (QED) is 0.608. The van der Waals surface area contributed by atoms with E-state index in [2.05, 4.69) is 4.84 Å². The van der Waals surface area contributed by atoms with Crippen LogP contribution in [0.2, 0.25) is 0 Å². The fourth-order valence-corrected chi connectivity index (χ4v) is 1.33. The van der Waals surface area contributed by atoms with Crippen LogP contribution in [0.15, 0.2) is 24.3 Å². The number of alkyl halides is 3. The number of halogens is 3. The Hall–Kier alpha value is -2.39. The van der Waals surface area contributed by atoms with Gasteiger partial charge in [0.05, 0.1) is 5.56 Å². The summed E-state index contributed by atoms with van der Waals surface area (Å²) in [7, 11) is 0. The van der Waals surface area contributed by atoms with Crippen LogP contribution in [0.4, 0.5) is 13.2 Å². The van der Waals surface area contributed by atoms with Gasteiger partial charge in [0, 0.05) is 4.92 Å². The van der Waals surface area contributed by atoms with Gasteiger partial charge < -0.3 is 0 Å². The van der Waals surface area contributed by atoms with Crippen molar-refractivity contribution in [1.29, 1.82) is 0 Å². The minimum absolute atomic E-state index is 0.0820. The van der Waals surface area contributed by atoms with Gasteiger partial charge in [0.2, 0.25) is 6.54 Å². The second kappa shape index (κ2) is 5.50. The smallest absolute Gasteiger partial charge is 0.299 e. The predicted octanol–water partition coefficient (Wildman–Crippen LogP) is 2.23. The number of hydrogen-bond acceptors (Lipinski definition) is 5. The van der Waals surface area contributed by atoms with Gasteiger partial charge in [-0.3, -0.25) is 15.0 Å². The van der Waals surface area contributed by atoms with E-state index >= 15 is 0 Å². The maximum absolute atomic E-state index is 12.3. The summed E-state index contributed by atoms with van der Waals surface area (Å²) in [5, 5.41) is 19.3. The molecule has 19 heavy (non-hydrogen) atoms. The number of hydrogen-bond donors (Lipinski definition) is 0. The Kier molecular flexibility index (Phi) is 4.25. The zero-order valence-corrected chi connectivity index (χ0v) is 9.16. The summed E-state index contributed by atoms with van der Waals surface area (Å²) in [6.45, 7) is -0.924. The fraction of sp³-hybridized carbons (Fsp3) is 0.333. The maximum Gasteiger partial charge on any atom is 0.416 e. The largest absolute Gasteiger partial charge is 0.416 e. The molecule has 0 bridgehead atoms. The first-order valence-corrected chi connectivity index (χ1v) is 4.80. The van der Waals surface area contributed by atoms with Crippen molar-refractivity contribution in [3.05, 3.63) is 55.6 Å². The third-order valence-corrected chi connectivity index (χ3v) is 2.14. The van der Waals surface area contributed by atoms with E-state index in [0.717, 1.165) is 12.1 Å². The average Bonchev–Trinajstić information content (AvgIpc) is 2.26. The van der Waals surface area contributed by atoms with Crippen LogP contribution in [0.5, 0.6) is 0 Å². The molecule has 1 aromatic carbocycles. The van der Waals surface area contributed by atoms with E-state index < -0.39 is 34.4 Å². The molecule has 0 heterocycles. The molecule has 0 spiro atoms. The van der Waals surface area contributed by atoms with Crippen molar-refractivity contribution in [1.82, 2.24) is 0 Å². The Balaban J connectivity index is 2.96. The van der Waals surface area contributed by atoms with Gasteiger partial charge in [-0.05, 0) is 17.7 Å². The number of rotatable bonds is 5. The second-order valence-electron chi connectivity index (χ2n) is 3.45. The number of nitrogens with zero attached hydrogens (tertiary/aromatic N) is 2. The van der Waals surface area contributed by atoms with Gasteiger partial charge in [-0.15, -0.1) is 10.1 Å². The lowest BCUT2D eigenvalue weighted by atomic mass is 10.1. The normalized spacial score (nSPS) is 12.8. The van der Waals surface area contributed by atoms with Crippen LogP contribution >= 0.6 is 0 Å². The molecule has 0 aliphatic heterocycles. The molecule has 0 aliphatic carbocycles. The molecular formula is C9H7F3N2O5. The molecule has 0 fully saturated rings. The predicted molar refractivity (Wildman–Crippen MR) is 54.1 cm³/mol. The third-order valence-electron chi connectivity index (χ3n) is 2.14. The molecule has 104 valence electrons. The lowest BCUT2D eigenvalue weighted by Gasteiger charge is -2.12. The summed E-state index contributed by atoms with van der Waals surface area (Å²) in [4.78, 5) is 23.7. The van der Waals surface area contributed by atoms with Gasteiger partial charge in [0.25, 0.3) is 5.09 Å².